The van der Waals surface area contributed by atoms with Gasteiger partial charge in [0.15, 0.2) is 12.6 Å². The quantitative estimate of drug-likeness (QED) is 0.327. The van der Waals surface area contributed by atoms with Crippen LogP contribution < -0.4 is 0 Å². The first kappa shape index (κ1) is 16.4. The standard InChI is InChI=1S/C6H14O3.H3O4P/c1-3-5(7)9-6(8)4-2;1-5(2,3)4/h5-8H,3-4H2,1-2H3;(H3,1,2,3,4). The van der Waals surface area contributed by atoms with Crippen molar-refractivity contribution in [3.05, 3.63) is 0 Å². The minimum absolute atomic E-state index is 0.511. The van der Waals surface area contributed by atoms with Crippen LogP contribution in [-0.4, -0.2) is 37.5 Å². The topological polar surface area (TPSA) is 127 Å². The molecule has 0 spiro atoms. The molecule has 0 aromatic rings. The Kier molecular flexibility index (Phi) is 9.75. The molecule has 0 radical (unpaired) electrons. The summed E-state index contributed by atoms with van der Waals surface area (Å²) in [6.07, 6.45) is -0.617. The number of aliphatic hydroxyl groups excluding tert-OH is 2. The molecule has 8 heteroatoms. The Hall–Kier alpha value is -0.0100. The lowest BCUT2D eigenvalue weighted by molar-refractivity contribution is -0.208. The fraction of sp³-hybridized carbons (Fsp3) is 1.00. The number of ether oxygens (including phenoxy) is 1. The van der Waals surface area contributed by atoms with Gasteiger partial charge in [0.1, 0.15) is 0 Å². The van der Waals surface area contributed by atoms with Gasteiger partial charge in [-0.05, 0) is 12.8 Å². The molecule has 0 heterocycles. The zero-order valence-corrected chi connectivity index (χ0v) is 8.96. The first-order valence-corrected chi connectivity index (χ1v) is 5.57. The molecule has 0 aliphatic rings. The maximum Gasteiger partial charge on any atom is 0.466 e. The molecule has 0 rings (SSSR count). The van der Waals surface area contributed by atoms with E-state index in [1.165, 1.54) is 0 Å². The second kappa shape index (κ2) is 8.31. The van der Waals surface area contributed by atoms with E-state index in [1.54, 1.807) is 13.8 Å². The molecular formula is C6H17O7P. The summed E-state index contributed by atoms with van der Waals surface area (Å²) in [5, 5.41) is 17.6. The maximum atomic E-state index is 8.88. The third-order valence-corrected chi connectivity index (χ3v) is 1.01. The average Bonchev–Trinajstić information content (AvgIpc) is 2.01. The highest BCUT2D eigenvalue weighted by Crippen LogP contribution is 2.25. The van der Waals surface area contributed by atoms with E-state index < -0.39 is 20.4 Å². The van der Waals surface area contributed by atoms with Crippen LogP contribution >= 0.6 is 7.82 Å². The van der Waals surface area contributed by atoms with Crippen molar-refractivity contribution in [3.63, 3.8) is 0 Å². The molecule has 7 nitrogen and oxygen atoms in total. The van der Waals surface area contributed by atoms with E-state index in [9.17, 15) is 0 Å². The first-order valence-electron chi connectivity index (χ1n) is 4.00. The van der Waals surface area contributed by atoms with Crippen molar-refractivity contribution in [3.8, 4) is 0 Å². The van der Waals surface area contributed by atoms with Gasteiger partial charge in [-0.3, -0.25) is 0 Å². The molecule has 0 aliphatic carbocycles. The molecule has 0 saturated carbocycles. The van der Waals surface area contributed by atoms with Crippen molar-refractivity contribution >= 4 is 7.82 Å². The summed E-state index contributed by atoms with van der Waals surface area (Å²) in [6.45, 7) is 3.57. The van der Waals surface area contributed by atoms with Crippen molar-refractivity contribution in [1.29, 1.82) is 0 Å². The predicted molar refractivity (Wildman–Crippen MR) is 47.9 cm³/mol. The van der Waals surface area contributed by atoms with Crippen molar-refractivity contribution in [2.24, 2.45) is 0 Å². The number of hydrogen-bond donors (Lipinski definition) is 5. The highest BCUT2D eigenvalue weighted by atomic mass is 31.2. The van der Waals surface area contributed by atoms with E-state index >= 15 is 0 Å². The first-order chi connectivity index (χ1) is 6.20. The van der Waals surface area contributed by atoms with Crippen LogP contribution in [0, 0.1) is 0 Å². The highest BCUT2D eigenvalue weighted by Gasteiger charge is 2.05. The van der Waals surface area contributed by atoms with Gasteiger partial charge in [-0.1, -0.05) is 13.8 Å². The van der Waals surface area contributed by atoms with Crippen molar-refractivity contribution in [2.75, 3.05) is 0 Å². The summed E-state index contributed by atoms with van der Waals surface area (Å²) in [4.78, 5) is 21.6. The second-order valence-corrected chi connectivity index (χ2v) is 3.40. The zero-order chi connectivity index (χ0) is 11.8. The van der Waals surface area contributed by atoms with Crippen LogP contribution in [0.25, 0.3) is 0 Å². The van der Waals surface area contributed by atoms with Gasteiger partial charge < -0.3 is 29.6 Å². The molecule has 0 fully saturated rings. The van der Waals surface area contributed by atoms with E-state index in [0.29, 0.717) is 12.8 Å². The smallest absolute Gasteiger partial charge is 0.368 e. The van der Waals surface area contributed by atoms with E-state index in [-0.39, 0.29) is 0 Å². The molecule has 0 amide bonds. The summed E-state index contributed by atoms with van der Waals surface area (Å²) in [6, 6.07) is 0. The van der Waals surface area contributed by atoms with E-state index in [1.807, 2.05) is 0 Å². The average molecular weight is 232 g/mol. The molecule has 0 bridgehead atoms. The molecule has 5 N–H and O–H groups in total. The molecule has 0 saturated heterocycles. The zero-order valence-electron chi connectivity index (χ0n) is 8.07. The van der Waals surface area contributed by atoms with Gasteiger partial charge in [-0.2, -0.15) is 0 Å². The molecule has 2 unspecified atom stereocenters. The molecule has 88 valence electrons. The van der Waals surface area contributed by atoms with E-state index in [2.05, 4.69) is 4.74 Å². The normalized spacial score (nSPS) is 15.4. The van der Waals surface area contributed by atoms with Crippen molar-refractivity contribution in [2.45, 2.75) is 39.3 Å². The Bertz CT molecular complexity index is 151. The van der Waals surface area contributed by atoms with Crippen LogP contribution in [0.2, 0.25) is 0 Å². The molecule has 14 heavy (non-hydrogen) atoms. The van der Waals surface area contributed by atoms with Crippen molar-refractivity contribution in [1.82, 2.24) is 0 Å². The summed E-state index contributed by atoms with van der Waals surface area (Å²) >= 11 is 0. The van der Waals surface area contributed by atoms with Gasteiger partial charge in [0, 0.05) is 0 Å². The summed E-state index contributed by atoms with van der Waals surface area (Å²) in [5.41, 5.74) is 0. The van der Waals surface area contributed by atoms with Gasteiger partial charge in [-0.15, -0.1) is 0 Å². The molecular weight excluding hydrogens is 215 g/mol. The van der Waals surface area contributed by atoms with Gasteiger partial charge >= 0.3 is 7.82 Å². The van der Waals surface area contributed by atoms with Gasteiger partial charge in [-0.25, -0.2) is 4.57 Å². The largest absolute Gasteiger partial charge is 0.466 e. The molecule has 2 atom stereocenters. The number of phosphoric acid groups is 1. The predicted octanol–water partition coefficient (Wildman–Crippen LogP) is -0.469. The Morgan fingerprint density at radius 2 is 1.29 bits per heavy atom. The van der Waals surface area contributed by atoms with Crippen molar-refractivity contribution < 1.29 is 34.2 Å². The number of hydrogen-bond acceptors (Lipinski definition) is 4. The summed E-state index contributed by atoms with van der Waals surface area (Å²) < 4.78 is 13.5. The lowest BCUT2D eigenvalue weighted by Crippen LogP contribution is -2.19. The van der Waals surface area contributed by atoms with E-state index in [0.717, 1.165) is 0 Å². The summed E-state index contributed by atoms with van der Waals surface area (Å²) in [5.74, 6) is 0. The third kappa shape index (κ3) is 22.7. The van der Waals surface area contributed by atoms with E-state index in [4.69, 9.17) is 29.5 Å². The Labute approximate surface area is 82.2 Å². The number of rotatable bonds is 4. The minimum atomic E-state index is -4.64. The molecule has 0 aliphatic heterocycles. The van der Waals surface area contributed by atoms with Crippen LogP contribution in [0.5, 0.6) is 0 Å². The highest BCUT2D eigenvalue weighted by molar-refractivity contribution is 7.45. The van der Waals surface area contributed by atoms with Crippen LogP contribution in [0.15, 0.2) is 0 Å². The van der Waals surface area contributed by atoms with Gasteiger partial charge in [0.25, 0.3) is 0 Å². The van der Waals surface area contributed by atoms with Gasteiger partial charge in [0.05, 0.1) is 0 Å². The third-order valence-electron chi connectivity index (χ3n) is 1.01. The van der Waals surface area contributed by atoms with Crippen LogP contribution in [0.1, 0.15) is 26.7 Å². The van der Waals surface area contributed by atoms with Crippen LogP contribution in [0.4, 0.5) is 0 Å². The fourth-order valence-electron chi connectivity index (χ4n) is 0.374. The SMILES string of the molecule is CCC(O)OC(O)CC.O=P(O)(O)O. The maximum absolute atomic E-state index is 8.88. The Morgan fingerprint density at radius 1 is 1.07 bits per heavy atom. The Morgan fingerprint density at radius 3 is 1.43 bits per heavy atom. The lowest BCUT2D eigenvalue weighted by Gasteiger charge is -2.13. The van der Waals surface area contributed by atoms with Gasteiger partial charge in [0.2, 0.25) is 0 Å². The van der Waals surface area contributed by atoms with Crippen LogP contribution in [-0.2, 0) is 9.30 Å². The summed E-state index contributed by atoms with van der Waals surface area (Å²) in [7, 11) is -4.64. The number of aliphatic hydroxyl groups is 2. The molecule has 0 aromatic carbocycles. The van der Waals surface area contributed by atoms with Crippen LogP contribution in [0.3, 0.4) is 0 Å². The minimum Gasteiger partial charge on any atom is -0.368 e. The lowest BCUT2D eigenvalue weighted by atomic mass is 10.4. The second-order valence-electron chi connectivity index (χ2n) is 2.38. The molecule has 0 aromatic heterocycles. The fourth-order valence-corrected chi connectivity index (χ4v) is 0.374. The Balaban J connectivity index is 0. The monoisotopic (exact) mass is 232 g/mol.